The van der Waals surface area contributed by atoms with Crippen molar-refractivity contribution in [1.29, 1.82) is 0 Å². The number of rotatable bonds is 5. The minimum absolute atomic E-state index is 0.237. The number of phenolic OH excluding ortho intramolecular Hbond substituents is 1. The predicted molar refractivity (Wildman–Crippen MR) is 68.1 cm³/mol. The van der Waals surface area contributed by atoms with Gasteiger partial charge in [-0.25, -0.2) is 0 Å². The number of nitrogens with one attached hydrogen (secondary N) is 1. The van der Waals surface area contributed by atoms with E-state index in [1.807, 2.05) is 12.1 Å². The molecule has 2 atom stereocenters. The van der Waals surface area contributed by atoms with Gasteiger partial charge in [0, 0.05) is 18.7 Å². The molecule has 0 aliphatic heterocycles. The van der Waals surface area contributed by atoms with Gasteiger partial charge in [0.05, 0.1) is 0 Å². The summed E-state index contributed by atoms with van der Waals surface area (Å²) in [6, 6.07) is 6.39. The van der Waals surface area contributed by atoms with Crippen LogP contribution in [0.2, 0.25) is 0 Å². The number of aliphatic hydroxyl groups excluding tert-OH is 1. The van der Waals surface area contributed by atoms with E-state index in [4.69, 9.17) is 5.11 Å². The van der Waals surface area contributed by atoms with Crippen LogP contribution in [0.1, 0.15) is 43.4 Å². The normalized spacial score (nSPS) is 20.2. The average Bonchev–Trinajstić information content (AvgIpc) is 2.71. The Balaban J connectivity index is 2.06. The van der Waals surface area contributed by atoms with E-state index in [1.54, 1.807) is 6.07 Å². The second-order valence-corrected chi connectivity index (χ2v) is 4.76. The van der Waals surface area contributed by atoms with Crippen LogP contribution in [0.25, 0.3) is 0 Å². The fourth-order valence-electron chi connectivity index (χ4n) is 2.62. The molecule has 1 aliphatic rings. The summed E-state index contributed by atoms with van der Waals surface area (Å²) in [6.45, 7) is 2.38. The van der Waals surface area contributed by atoms with E-state index in [-0.39, 0.29) is 6.61 Å². The lowest BCUT2D eigenvalue weighted by Crippen LogP contribution is -2.32. The number of aryl methyl sites for hydroxylation is 1. The minimum atomic E-state index is 0.237. The van der Waals surface area contributed by atoms with Gasteiger partial charge in [0.25, 0.3) is 0 Å². The van der Waals surface area contributed by atoms with E-state index >= 15 is 0 Å². The fraction of sp³-hybridized carbons (Fsp3) is 0.571. The summed E-state index contributed by atoms with van der Waals surface area (Å²) in [7, 11) is 0. The lowest BCUT2D eigenvalue weighted by molar-refractivity contribution is 0.255. The number of hydrogen-bond acceptors (Lipinski definition) is 3. The minimum Gasteiger partial charge on any atom is -0.508 e. The second-order valence-electron chi connectivity index (χ2n) is 4.76. The Labute approximate surface area is 102 Å². The van der Waals surface area contributed by atoms with Crippen LogP contribution >= 0.6 is 0 Å². The summed E-state index contributed by atoms with van der Waals surface area (Å²) in [5, 5.41) is 22.0. The van der Waals surface area contributed by atoms with E-state index in [9.17, 15) is 5.11 Å². The Hall–Kier alpha value is -1.06. The third kappa shape index (κ3) is 2.79. The first-order valence-electron chi connectivity index (χ1n) is 6.43. The molecule has 94 valence electrons. The van der Waals surface area contributed by atoms with E-state index in [2.05, 4.69) is 12.2 Å². The van der Waals surface area contributed by atoms with Gasteiger partial charge in [0.2, 0.25) is 0 Å². The summed E-state index contributed by atoms with van der Waals surface area (Å²) < 4.78 is 0. The maximum atomic E-state index is 9.44. The molecular formula is C14H21NO2. The maximum Gasteiger partial charge on any atom is 0.115 e. The molecule has 0 bridgehead atoms. The molecule has 3 nitrogen and oxygen atoms in total. The first-order valence-corrected chi connectivity index (χ1v) is 6.43. The molecule has 3 heteroatoms. The van der Waals surface area contributed by atoms with E-state index in [0.717, 1.165) is 25.7 Å². The molecule has 17 heavy (non-hydrogen) atoms. The number of hydrogen-bond donors (Lipinski definition) is 3. The number of aromatic hydroxyl groups is 1. The zero-order valence-corrected chi connectivity index (χ0v) is 10.3. The van der Waals surface area contributed by atoms with Crippen molar-refractivity contribution >= 4 is 0 Å². The Morgan fingerprint density at radius 1 is 1.47 bits per heavy atom. The molecule has 2 unspecified atom stereocenters. The SMILES string of the molecule is CCC(CCO)NC1CCc2cc(O)ccc21. The standard InChI is InChI=1S/C14H21NO2/c1-2-11(7-8-16)15-14-6-3-10-9-12(17)4-5-13(10)14/h4-5,9,11,14-17H,2-3,6-8H2,1H3. The van der Waals surface area contributed by atoms with E-state index in [0.29, 0.717) is 17.8 Å². The van der Waals surface area contributed by atoms with Crippen molar-refractivity contribution in [1.82, 2.24) is 5.32 Å². The van der Waals surface area contributed by atoms with Gasteiger partial charge in [0.15, 0.2) is 0 Å². The van der Waals surface area contributed by atoms with Gasteiger partial charge in [-0.1, -0.05) is 13.0 Å². The number of phenols is 1. The van der Waals surface area contributed by atoms with Gasteiger partial charge in [-0.3, -0.25) is 0 Å². The topological polar surface area (TPSA) is 52.5 Å². The number of aliphatic hydroxyl groups is 1. The molecule has 0 spiro atoms. The molecule has 1 aromatic rings. The average molecular weight is 235 g/mol. The molecule has 2 rings (SSSR count). The Bertz CT molecular complexity index is 378. The number of fused-ring (bicyclic) bond motifs is 1. The first kappa shape index (κ1) is 12.4. The molecule has 0 saturated carbocycles. The molecule has 0 aromatic heterocycles. The van der Waals surface area contributed by atoms with Crippen LogP contribution in [0.5, 0.6) is 5.75 Å². The lowest BCUT2D eigenvalue weighted by Gasteiger charge is -2.22. The highest BCUT2D eigenvalue weighted by atomic mass is 16.3. The highest BCUT2D eigenvalue weighted by Gasteiger charge is 2.24. The smallest absolute Gasteiger partial charge is 0.115 e. The van der Waals surface area contributed by atoms with Crippen LogP contribution in [0.15, 0.2) is 18.2 Å². The van der Waals surface area contributed by atoms with Crippen molar-refractivity contribution in [2.75, 3.05) is 6.61 Å². The van der Waals surface area contributed by atoms with Crippen molar-refractivity contribution in [3.63, 3.8) is 0 Å². The summed E-state index contributed by atoms with van der Waals surface area (Å²) in [6.07, 6.45) is 3.95. The molecule has 3 N–H and O–H groups in total. The maximum absolute atomic E-state index is 9.44. The van der Waals surface area contributed by atoms with Crippen LogP contribution in [0.3, 0.4) is 0 Å². The second kappa shape index (κ2) is 5.52. The van der Waals surface area contributed by atoms with Crippen LogP contribution in [0.4, 0.5) is 0 Å². The molecule has 0 fully saturated rings. The third-order valence-electron chi connectivity index (χ3n) is 3.61. The zero-order chi connectivity index (χ0) is 12.3. The van der Waals surface area contributed by atoms with Gasteiger partial charge in [-0.05, 0) is 48.9 Å². The summed E-state index contributed by atoms with van der Waals surface area (Å²) in [4.78, 5) is 0. The monoisotopic (exact) mass is 235 g/mol. The quantitative estimate of drug-likeness (QED) is 0.733. The highest BCUT2D eigenvalue weighted by molar-refractivity contribution is 5.40. The van der Waals surface area contributed by atoms with Crippen molar-refractivity contribution in [2.24, 2.45) is 0 Å². The molecule has 0 amide bonds. The first-order chi connectivity index (χ1) is 8.24. The van der Waals surface area contributed by atoms with Gasteiger partial charge in [0.1, 0.15) is 5.75 Å². The summed E-state index contributed by atoms with van der Waals surface area (Å²) in [5.41, 5.74) is 2.56. The predicted octanol–water partition coefficient (Wildman–Crippen LogP) is 2.13. The largest absolute Gasteiger partial charge is 0.508 e. The lowest BCUT2D eigenvalue weighted by atomic mass is 10.1. The molecular weight excluding hydrogens is 214 g/mol. The van der Waals surface area contributed by atoms with E-state index < -0.39 is 0 Å². The van der Waals surface area contributed by atoms with Crippen molar-refractivity contribution in [3.8, 4) is 5.75 Å². The van der Waals surface area contributed by atoms with Gasteiger partial charge < -0.3 is 15.5 Å². The Kier molecular flexibility index (Phi) is 4.02. The molecule has 0 saturated heterocycles. The Morgan fingerprint density at radius 3 is 3.00 bits per heavy atom. The van der Waals surface area contributed by atoms with E-state index in [1.165, 1.54) is 11.1 Å². The van der Waals surface area contributed by atoms with Crippen LogP contribution < -0.4 is 5.32 Å². The molecule has 1 aliphatic carbocycles. The summed E-state index contributed by atoms with van der Waals surface area (Å²) >= 11 is 0. The van der Waals surface area contributed by atoms with Gasteiger partial charge in [-0.15, -0.1) is 0 Å². The fourth-order valence-corrected chi connectivity index (χ4v) is 2.62. The highest BCUT2D eigenvalue weighted by Crippen LogP contribution is 2.33. The molecule has 0 heterocycles. The Morgan fingerprint density at radius 2 is 2.29 bits per heavy atom. The van der Waals surface area contributed by atoms with Crippen LogP contribution in [-0.2, 0) is 6.42 Å². The number of benzene rings is 1. The molecule has 0 radical (unpaired) electrons. The van der Waals surface area contributed by atoms with Crippen molar-refractivity contribution in [3.05, 3.63) is 29.3 Å². The molecule has 1 aromatic carbocycles. The third-order valence-corrected chi connectivity index (χ3v) is 3.61. The van der Waals surface area contributed by atoms with Crippen LogP contribution in [-0.4, -0.2) is 22.9 Å². The van der Waals surface area contributed by atoms with Gasteiger partial charge in [-0.2, -0.15) is 0 Å². The van der Waals surface area contributed by atoms with Crippen molar-refractivity contribution < 1.29 is 10.2 Å². The van der Waals surface area contributed by atoms with Crippen molar-refractivity contribution in [2.45, 2.75) is 44.7 Å². The van der Waals surface area contributed by atoms with Gasteiger partial charge >= 0.3 is 0 Å². The van der Waals surface area contributed by atoms with Crippen LogP contribution in [0, 0.1) is 0 Å². The zero-order valence-electron chi connectivity index (χ0n) is 10.3. The summed E-state index contributed by atoms with van der Waals surface area (Å²) in [5.74, 6) is 0.354.